The smallest absolute Gasteiger partial charge is 0.437 e. The van der Waals surface area contributed by atoms with Gasteiger partial charge in [0, 0.05) is 5.56 Å². The summed E-state index contributed by atoms with van der Waals surface area (Å²) in [7, 11) is 0. The van der Waals surface area contributed by atoms with Gasteiger partial charge in [0.25, 0.3) is 5.89 Å². The molecule has 2 rings (SSSR count). The van der Waals surface area contributed by atoms with Crippen molar-refractivity contribution in [2.45, 2.75) is 13.1 Å². The normalized spacial score (nSPS) is 11.8. The predicted octanol–water partition coefficient (Wildman–Crippen LogP) is 2.96. The number of alkyl halides is 3. The third-order valence-corrected chi connectivity index (χ3v) is 2.15. The summed E-state index contributed by atoms with van der Waals surface area (Å²) in [5.74, 6) is -3.64. The summed E-state index contributed by atoms with van der Waals surface area (Å²) in [6.45, 7) is 1.57. The van der Waals surface area contributed by atoms with Gasteiger partial charge in [0.05, 0.1) is 6.26 Å². The number of hydrogen-bond donors (Lipinski definition) is 1. The van der Waals surface area contributed by atoms with Gasteiger partial charge in [-0.15, -0.1) is 0 Å². The topological polar surface area (TPSA) is 76.5 Å². The third-order valence-electron chi connectivity index (χ3n) is 2.15. The second kappa shape index (κ2) is 3.90. The number of nitrogens with zero attached hydrogens (tertiary/aromatic N) is 1. The highest BCUT2D eigenvalue weighted by Gasteiger charge is 2.41. The maximum atomic E-state index is 12.5. The van der Waals surface area contributed by atoms with Crippen LogP contribution in [0.25, 0.3) is 11.7 Å². The minimum absolute atomic E-state index is 0.0343. The third kappa shape index (κ3) is 1.96. The number of hydrogen-bond acceptors (Lipinski definition) is 4. The lowest BCUT2D eigenvalue weighted by atomic mass is 10.3. The van der Waals surface area contributed by atoms with Crippen molar-refractivity contribution in [3.63, 3.8) is 0 Å². The Morgan fingerprint density at radius 3 is 2.50 bits per heavy atom. The molecule has 2 aromatic rings. The van der Waals surface area contributed by atoms with Crippen LogP contribution in [0.15, 0.2) is 21.2 Å². The first-order valence-corrected chi connectivity index (χ1v) is 4.66. The highest BCUT2D eigenvalue weighted by molar-refractivity contribution is 5.86. The Hall–Kier alpha value is -2.25. The number of carboxylic acids is 1. The molecule has 0 aromatic carbocycles. The van der Waals surface area contributed by atoms with Gasteiger partial charge in [0.2, 0.25) is 5.76 Å². The van der Waals surface area contributed by atoms with Crippen molar-refractivity contribution < 1.29 is 31.9 Å². The Labute approximate surface area is 97.8 Å². The highest BCUT2D eigenvalue weighted by Crippen LogP contribution is 2.35. The van der Waals surface area contributed by atoms with E-state index < -0.39 is 29.5 Å². The second-order valence-corrected chi connectivity index (χ2v) is 3.43. The first-order valence-electron chi connectivity index (χ1n) is 4.66. The molecule has 18 heavy (non-hydrogen) atoms. The molecular weight excluding hydrogens is 255 g/mol. The molecule has 0 saturated carbocycles. The molecule has 2 aromatic heterocycles. The van der Waals surface area contributed by atoms with Crippen LogP contribution < -0.4 is 0 Å². The average Bonchev–Trinajstić information content (AvgIpc) is 2.81. The average molecular weight is 261 g/mol. The van der Waals surface area contributed by atoms with E-state index in [1.54, 1.807) is 6.92 Å². The number of oxazole rings is 1. The largest absolute Gasteiger partial charge is 0.475 e. The number of aryl methyl sites for hydroxylation is 1. The van der Waals surface area contributed by atoms with Gasteiger partial charge >= 0.3 is 12.1 Å². The summed E-state index contributed by atoms with van der Waals surface area (Å²) in [5, 5.41) is 8.64. The molecule has 96 valence electrons. The van der Waals surface area contributed by atoms with Crippen LogP contribution in [0.2, 0.25) is 0 Å². The quantitative estimate of drug-likeness (QED) is 0.899. The van der Waals surface area contributed by atoms with E-state index in [0.29, 0.717) is 5.56 Å². The monoisotopic (exact) mass is 261 g/mol. The van der Waals surface area contributed by atoms with Crippen molar-refractivity contribution in [3.8, 4) is 11.7 Å². The molecule has 5 nitrogen and oxygen atoms in total. The maximum Gasteiger partial charge on any atom is 0.437 e. The molecule has 0 saturated heterocycles. The van der Waals surface area contributed by atoms with Crippen LogP contribution in [0.1, 0.15) is 21.8 Å². The second-order valence-electron chi connectivity index (χ2n) is 3.43. The van der Waals surface area contributed by atoms with Crippen LogP contribution >= 0.6 is 0 Å². The lowest BCUT2D eigenvalue weighted by molar-refractivity contribution is -0.141. The Kier molecular flexibility index (Phi) is 2.64. The molecule has 0 radical (unpaired) electrons. The van der Waals surface area contributed by atoms with Crippen molar-refractivity contribution in [2.24, 2.45) is 0 Å². The predicted molar refractivity (Wildman–Crippen MR) is 50.9 cm³/mol. The minimum Gasteiger partial charge on any atom is -0.475 e. The van der Waals surface area contributed by atoms with Gasteiger partial charge in [0.15, 0.2) is 11.5 Å². The molecule has 0 fully saturated rings. The maximum absolute atomic E-state index is 12.5. The molecule has 0 aliphatic carbocycles. The number of carboxylic acid groups (broad SMARTS) is 1. The molecule has 0 amide bonds. The van der Waals surface area contributed by atoms with Crippen molar-refractivity contribution in [3.05, 3.63) is 29.3 Å². The van der Waals surface area contributed by atoms with E-state index in [1.807, 2.05) is 0 Å². The van der Waals surface area contributed by atoms with Gasteiger partial charge in [0.1, 0.15) is 0 Å². The molecule has 0 spiro atoms. The van der Waals surface area contributed by atoms with E-state index in [1.165, 1.54) is 12.3 Å². The van der Waals surface area contributed by atoms with Crippen molar-refractivity contribution in [2.75, 3.05) is 0 Å². The van der Waals surface area contributed by atoms with Gasteiger partial charge in [-0.25, -0.2) is 9.78 Å². The van der Waals surface area contributed by atoms with Crippen LogP contribution in [0.3, 0.4) is 0 Å². The highest BCUT2D eigenvalue weighted by atomic mass is 19.4. The van der Waals surface area contributed by atoms with Gasteiger partial charge in [-0.1, -0.05) is 0 Å². The van der Waals surface area contributed by atoms with Gasteiger partial charge < -0.3 is 13.9 Å². The van der Waals surface area contributed by atoms with Crippen LogP contribution in [-0.2, 0) is 6.18 Å². The van der Waals surface area contributed by atoms with Crippen molar-refractivity contribution in [1.29, 1.82) is 0 Å². The summed E-state index contributed by atoms with van der Waals surface area (Å²) < 4.78 is 47.1. The Morgan fingerprint density at radius 1 is 1.44 bits per heavy atom. The zero-order valence-electron chi connectivity index (χ0n) is 8.91. The molecule has 0 aliphatic rings. The number of aromatic nitrogens is 1. The summed E-state index contributed by atoms with van der Waals surface area (Å²) in [5.41, 5.74) is -1.09. The molecule has 8 heteroatoms. The summed E-state index contributed by atoms with van der Waals surface area (Å²) >= 11 is 0. The van der Waals surface area contributed by atoms with Gasteiger partial charge in [-0.05, 0) is 13.0 Å². The fourth-order valence-corrected chi connectivity index (χ4v) is 1.35. The summed E-state index contributed by atoms with van der Waals surface area (Å²) in [6, 6.07) is 1.49. The summed E-state index contributed by atoms with van der Waals surface area (Å²) in [6.07, 6.45) is -3.67. The fourth-order valence-electron chi connectivity index (χ4n) is 1.35. The van der Waals surface area contributed by atoms with Crippen LogP contribution in [0.5, 0.6) is 0 Å². The summed E-state index contributed by atoms with van der Waals surface area (Å²) in [4.78, 5) is 13.8. The van der Waals surface area contributed by atoms with E-state index >= 15 is 0 Å². The number of aromatic carboxylic acids is 1. The van der Waals surface area contributed by atoms with E-state index in [9.17, 15) is 18.0 Å². The molecule has 0 bridgehead atoms. The van der Waals surface area contributed by atoms with Crippen LogP contribution in [0, 0.1) is 6.92 Å². The SMILES string of the molecule is Cc1ccoc1-c1nc(C(F)(F)F)c(C(=O)O)o1. The molecule has 1 N–H and O–H groups in total. The number of furan rings is 1. The fraction of sp³-hybridized carbons (Fsp3) is 0.200. The van der Waals surface area contributed by atoms with Gasteiger partial charge in [-0.3, -0.25) is 0 Å². The standard InChI is InChI=1S/C10H6F3NO4/c1-4-2-3-17-5(4)8-14-7(10(11,12)13)6(18-8)9(15)16/h2-3H,1H3,(H,15,16). The first kappa shape index (κ1) is 12.2. The lowest BCUT2D eigenvalue weighted by Crippen LogP contribution is -2.11. The molecular formula is C10H6F3NO4. The van der Waals surface area contributed by atoms with E-state index in [0.717, 1.165) is 0 Å². The van der Waals surface area contributed by atoms with Crippen molar-refractivity contribution in [1.82, 2.24) is 4.98 Å². The van der Waals surface area contributed by atoms with E-state index in [-0.39, 0.29) is 5.76 Å². The zero-order valence-corrected chi connectivity index (χ0v) is 8.91. The van der Waals surface area contributed by atoms with Crippen molar-refractivity contribution >= 4 is 5.97 Å². The first-order chi connectivity index (χ1) is 8.30. The number of halogens is 3. The zero-order chi connectivity index (χ0) is 13.5. The molecule has 0 atom stereocenters. The molecule has 0 aliphatic heterocycles. The minimum atomic E-state index is -4.91. The number of rotatable bonds is 2. The van der Waals surface area contributed by atoms with Crippen LogP contribution in [-0.4, -0.2) is 16.1 Å². The molecule has 2 heterocycles. The Morgan fingerprint density at radius 2 is 2.11 bits per heavy atom. The molecule has 0 unspecified atom stereocenters. The van der Waals surface area contributed by atoms with E-state index in [4.69, 9.17) is 9.52 Å². The van der Waals surface area contributed by atoms with Crippen LogP contribution in [0.4, 0.5) is 13.2 Å². The number of carbonyl (C=O) groups is 1. The Bertz CT molecular complexity index is 597. The Balaban J connectivity index is 2.60. The van der Waals surface area contributed by atoms with E-state index in [2.05, 4.69) is 9.40 Å². The lowest BCUT2D eigenvalue weighted by Gasteiger charge is -2.00. The van der Waals surface area contributed by atoms with Gasteiger partial charge in [-0.2, -0.15) is 13.2 Å².